The topological polar surface area (TPSA) is 21.3 Å². The Kier molecular flexibility index (Phi) is 4.52. The van der Waals surface area contributed by atoms with E-state index in [0.29, 0.717) is 18.1 Å². The Morgan fingerprint density at radius 2 is 2.17 bits per heavy atom. The van der Waals surface area contributed by atoms with E-state index in [-0.39, 0.29) is 0 Å². The van der Waals surface area contributed by atoms with Crippen LogP contribution in [0.2, 0.25) is 5.02 Å². The SMILES string of the molecule is Cc1ccc(Cl)c(NC2CCOC(C(C)C)C2)c1. The van der Waals surface area contributed by atoms with Gasteiger partial charge in [0, 0.05) is 12.6 Å². The molecule has 0 radical (unpaired) electrons. The Morgan fingerprint density at radius 3 is 2.89 bits per heavy atom. The molecule has 18 heavy (non-hydrogen) atoms. The van der Waals surface area contributed by atoms with Gasteiger partial charge in [-0.2, -0.15) is 0 Å². The molecule has 1 aliphatic heterocycles. The Bertz CT molecular complexity index is 405. The molecule has 0 saturated carbocycles. The van der Waals surface area contributed by atoms with Crippen LogP contribution in [0, 0.1) is 12.8 Å². The van der Waals surface area contributed by atoms with E-state index in [1.165, 1.54) is 5.56 Å². The van der Waals surface area contributed by atoms with Gasteiger partial charge in [0.25, 0.3) is 0 Å². The highest BCUT2D eigenvalue weighted by atomic mass is 35.5. The van der Waals surface area contributed by atoms with Crippen LogP contribution in [0.15, 0.2) is 18.2 Å². The average molecular weight is 268 g/mol. The fraction of sp³-hybridized carbons (Fsp3) is 0.600. The smallest absolute Gasteiger partial charge is 0.0637 e. The predicted molar refractivity (Wildman–Crippen MR) is 77.4 cm³/mol. The van der Waals surface area contributed by atoms with Crippen LogP contribution in [-0.2, 0) is 4.74 Å². The van der Waals surface area contributed by atoms with Gasteiger partial charge in [0.2, 0.25) is 0 Å². The van der Waals surface area contributed by atoms with Gasteiger partial charge in [-0.05, 0) is 43.4 Å². The van der Waals surface area contributed by atoms with E-state index in [1.807, 2.05) is 12.1 Å². The Labute approximate surface area is 115 Å². The van der Waals surface area contributed by atoms with Crippen LogP contribution in [-0.4, -0.2) is 18.8 Å². The molecule has 1 aromatic rings. The molecular formula is C15H22ClNO. The quantitative estimate of drug-likeness (QED) is 0.883. The van der Waals surface area contributed by atoms with E-state index in [1.54, 1.807) is 0 Å². The minimum Gasteiger partial charge on any atom is -0.381 e. The van der Waals surface area contributed by atoms with Gasteiger partial charge in [-0.1, -0.05) is 31.5 Å². The van der Waals surface area contributed by atoms with Gasteiger partial charge < -0.3 is 10.1 Å². The largest absolute Gasteiger partial charge is 0.381 e. The highest BCUT2D eigenvalue weighted by Gasteiger charge is 2.25. The van der Waals surface area contributed by atoms with Crippen molar-refractivity contribution in [3.05, 3.63) is 28.8 Å². The van der Waals surface area contributed by atoms with Gasteiger partial charge in [0.05, 0.1) is 16.8 Å². The molecule has 1 saturated heterocycles. The molecule has 0 bridgehead atoms. The van der Waals surface area contributed by atoms with Crippen molar-refractivity contribution in [2.45, 2.75) is 45.8 Å². The maximum atomic E-state index is 6.22. The molecule has 0 spiro atoms. The van der Waals surface area contributed by atoms with Crippen molar-refractivity contribution in [3.63, 3.8) is 0 Å². The first-order valence-corrected chi connectivity index (χ1v) is 7.08. The van der Waals surface area contributed by atoms with Crippen molar-refractivity contribution in [1.29, 1.82) is 0 Å². The number of hydrogen-bond acceptors (Lipinski definition) is 2. The van der Waals surface area contributed by atoms with Crippen LogP contribution in [0.3, 0.4) is 0 Å². The summed E-state index contributed by atoms with van der Waals surface area (Å²) in [6.45, 7) is 7.35. The maximum Gasteiger partial charge on any atom is 0.0637 e. The number of benzene rings is 1. The van der Waals surface area contributed by atoms with Gasteiger partial charge >= 0.3 is 0 Å². The lowest BCUT2D eigenvalue weighted by Gasteiger charge is -2.33. The van der Waals surface area contributed by atoms with Crippen LogP contribution in [0.5, 0.6) is 0 Å². The number of hydrogen-bond donors (Lipinski definition) is 1. The highest BCUT2D eigenvalue weighted by molar-refractivity contribution is 6.33. The summed E-state index contributed by atoms with van der Waals surface area (Å²) < 4.78 is 5.79. The zero-order valence-electron chi connectivity index (χ0n) is 11.4. The van der Waals surface area contributed by atoms with Gasteiger partial charge in [-0.25, -0.2) is 0 Å². The van der Waals surface area contributed by atoms with Crippen LogP contribution < -0.4 is 5.32 Å². The Hall–Kier alpha value is -0.730. The van der Waals surface area contributed by atoms with Crippen molar-refractivity contribution in [1.82, 2.24) is 0 Å². The average Bonchev–Trinajstić information content (AvgIpc) is 2.34. The zero-order valence-corrected chi connectivity index (χ0v) is 12.1. The summed E-state index contributed by atoms with van der Waals surface area (Å²) >= 11 is 6.22. The Morgan fingerprint density at radius 1 is 1.39 bits per heavy atom. The number of anilines is 1. The summed E-state index contributed by atoms with van der Waals surface area (Å²) in [5, 5.41) is 4.36. The van der Waals surface area contributed by atoms with E-state index >= 15 is 0 Å². The minimum atomic E-state index is 0.361. The van der Waals surface area contributed by atoms with Crippen LogP contribution in [0.1, 0.15) is 32.3 Å². The number of ether oxygens (including phenoxy) is 1. The first-order valence-electron chi connectivity index (χ1n) is 6.70. The fourth-order valence-corrected chi connectivity index (χ4v) is 2.57. The molecule has 1 aliphatic rings. The molecule has 1 aromatic carbocycles. The van der Waals surface area contributed by atoms with Crippen molar-refractivity contribution >= 4 is 17.3 Å². The molecule has 100 valence electrons. The predicted octanol–water partition coefficient (Wildman–Crippen LogP) is 4.26. The minimum absolute atomic E-state index is 0.361. The molecule has 0 aromatic heterocycles. The number of rotatable bonds is 3. The first kappa shape index (κ1) is 13.7. The van der Waals surface area contributed by atoms with Crippen molar-refractivity contribution in [3.8, 4) is 0 Å². The van der Waals surface area contributed by atoms with E-state index in [2.05, 4.69) is 32.2 Å². The summed E-state index contributed by atoms with van der Waals surface area (Å²) in [6.07, 6.45) is 2.47. The van der Waals surface area contributed by atoms with Gasteiger partial charge in [-0.3, -0.25) is 0 Å². The van der Waals surface area contributed by atoms with Crippen LogP contribution >= 0.6 is 11.6 Å². The summed E-state index contributed by atoms with van der Waals surface area (Å²) in [5.74, 6) is 0.572. The standard InChI is InChI=1S/C15H22ClNO/c1-10(2)15-9-12(6-7-18-15)17-14-8-11(3)4-5-13(14)16/h4-5,8,10,12,15,17H,6-7,9H2,1-3H3. The number of nitrogens with one attached hydrogen (secondary N) is 1. The van der Waals surface area contributed by atoms with Crippen LogP contribution in [0.25, 0.3) is 0 Å². The van der Waals surface area contributed by atoms with Gasteiger partial charge in [-0.15, -0.1) is 0 Å². The summed E-state index contributed by atoms with van der Waals surface area (Å²) in [5.41, 5.74) is 2.28. The Balaban J connectivity index is 2.02. The van der Waals surface area contributed by atoms with E-state index in [9.17, 15) is 0 Å². The fourth-order valence-electron chi connectivity index (χ4n) is 2.39. The number of halogens is 1. The molecular weight excluding hydrogens is 246 g/mol. The lowest BCUT2D eigenvalue weighted by molar-refractivity contribution is -0.0160. The number of aryl methyl sites for hydroxylation is 1. The first-order chi connectivity index (χ1) is 8.56. The summed E-state index contributed by atoms with van der Waals surface area (Å²) in [7, 11) is 0. The third kappa shape index (κ3) is 3.39. The van der Waals surface area contributed by atoms with E-state index < -0.39 is 0 Å². The maximum absolute atomic E-state index is 6.22. The van der Waals surface area contributed by atoms with Crippen molar-refractivity contribution in [2.24, 2.45) is 5.92 Å². The molecule has 1 N–H and O–H groups in total. The molecule has 2 rings (SSSR count). The molecule has 2 atom stereocenters. The third-order valence-electron chi connectivity index (χ3n) is 3.54. The second kappa shape index (κ2) is 5.94. The van der Waals surface area contributed by atoms with Crippen molar-refractivity contribution in [2.75, 3.05) is 11.9 Å². The molecule has 1 heterocycles. The van der Waals surface area contributed by atoms with Crippen LogP contribution in [0.4, 0.5) is 5.69 Å². The van der Waals surface area contributed by atoms with E-state index in [0.717, 1.165) is 30.2 Å². The summed E-state index contributed by atoms with van der Waals surface area (Å²) in [6, 6.07) is 6.57. The highest BCUT2D eigenvalue weighted by Crippen LogP contribution is 2.27. The third-order valence-corrected chi connectivity index (χ3v) is 3.87. The lowest BCUT2D eigenvalue weighted by Crippen LogP contribution is -2.36. The lowest BCUT2D eigenvalue weighted by atomic mass is 9.95. The normalized spacial score (nSPS) is 24.3. The second-order valence-corrected chi connectivity index (χ2v) is 5.91. The summed E-state index contributed by atoms with van der Waals surface area (Å²) in [4.78, 5) is 0. The molecule has 1 fully saturated rings. The van der Waals surface area contributed by atoms with E-state index in [4.69, 9.17) is 16.3 Å². The monoisotopic (exact) mass is 267 g/mol. The van der Waals surface area contributed by atoms with Crippen molar-refractivity contribution < 1.29 is 4.74 Å². The molecule has 0 amide bonds. The van der Waals surface area contributed by atoms with Gasteiger partial charge in [0.1, 0.15) is 0 Å². The van der Waals surface area contributed by atoms with Gasteiger partial charge in [0.15, 0.2) is 0 Å². The second-order valence-electron chi connectivity index (χ2n) is 5.50. The molecule has 2 nitrogen and oxygen atoms in total. The molecule has 3 heteroatoms. The molecule has 2 unspecified atom stereocenters. The molecule has 0 aliphatic carbocycles. The zero-order chi connectivity index (χ0) is 13.1.